The molecule has 1 aromatic heterocycles. The fourth-order valence-corrected chi connectivity index (χ4v) is 1.67. The first-order valence-electron chi connectivity index (χ1n) is 5.19. The average molecular weight is 229 g/mol. The minimum Gasteiger partial charge on any atom is -0.314 e. The summed E-state index contributed by atoms with van der Waals surface area (Å²) in [6.45, 7) is 3.59. The topological polar surface area (TPSA) is 34.0 Å². The van der Waals surface area contributed by atoms with Crippen molar-refractivity contribution in [2.24, 2.45) is 0 Å². The van der Waals surface area contributed by atoms with Gasteiger partial charge in [0.05, 0.1) is 0 Å². The molecule has 0 aliphatic heterocycles. The van der Waals surface area contributed by atoms with Crippen molar-refractivity contribution >= 4 is 11.6 Å². The van der Waals surface area contributed by atoms with Crippen molar-refractivity contribution in [3.8, 4) is 0 Å². The number of nitrogens with zero attached hydrogens (tertiary/aromatic N) is 1. The van der Waals surface area contributed by atoms with Crippen molar-refractivity contribution in [2.45, 2.75) is 25.9 Å². The van der Waals surface area contributed by atoms with Crippen molar-refractivity contribution in [1.82, 2.24) is 9.88 Å². The van der Waals surface area contributed by atoms with Crippen LogP contribution in [0.5, 0.6) is 0 Å². The lowest BCUT2D eigenvalue weighted by Gasteiger charge is -2.12. The molecule has 0 saturated heterocycles. The van der Waals surface area contributed by atoms with E-state index in [1.165, 1.54) is 0 Å². The van der Waals surface area contributed by atoms with Gasteiger partial charge in [-0.15, -0.1) is 11.6 Å². The summed E-state index contributed by atoms with van der Waals surface area (Å²) in [6, 6.07) is 5.59. The van der Waals surface area contributed by atoms with Crippen LogP contribution in [0, 0.1) is 0 Å². The van der Waals surface area contributed by atoms with E-state index in [2.05, 4.69) is 12.2 Å². The molecule has 0 aliphatic rings. The van der Waals surface area contributed by atoms with E-state index in [-0.39, 0.29) is 5.56 Å². The highest BCUT2D eigenvalue weighted by molar-refractivity contribution is 6.17. The van der Waals surface area contributed by atoms with Gasteiger partial charge in [-0.3, -0.25) is 4.79 Å². The van der Waals surface area contributed by atoms with Crippen LogP contribution in [0.2, 0.25) is 0 Å². The highest BCUT2D eigenvalue weighted by atomic mass is 35.5. The van der Waals surface area contributed by atoms with Gasteiger partial charge in [-0.1, -0.05) is 6.07 Å². The van der Waals surface area contributed by atoms with Crippen LogP contribution < -0.4 is 10.9 Å². The second-order valence-electron chi connectivity index (χ2n) is 3.57. The molecule has 15 heavy (non-hydrogen) atoms. The Balaban J connectivity index is 2.32. The zero-order chi connectivity index (χ0) is 11.1. The van der Waals surface area contributed by atoms with E-state index in [4.69, 9.17) is 11.6 Å². The first kappa shape index (κ1) is 12.3. The van der Waals surface area contributed by atoms with E-state index in [9.17, 15) is 4.79 Å². The summed E-state index contributed by atoms with van der Waals surface area (Å²) in [4.78, 5) is 11.3. The van der Waals surface area contributed by atoms with Crippen molar-refractivity contribution in [1.29, 1.82) is 0 Å². The summed E-state index contributed by atoms with van der Waals surface area (Å²) >= 11 is 5.62. The molecule has 4 heteroatoms. The second-order valence-corrected chi connectivity index (χ2v) is 3.94. The zero-order valence-corrected chi connectivity index (χ0v) is 9.70. The smallest absolute Gasteiger partial charge is 0.250 e. The number of pyridine rings is 1. The average Bonchev–Trinajstić information content (AvgIpc) is 2.21. The highest BCUT2D eigenvalue weighted by Crippen LogP contribution is 1.92. The molecule has 0 amide bonds. The van der Waals surface area contributed by atoms with Gasteiger partial charge in [-0.2, -0.15) is 0 Å². The molecule has 0 bridgehead atoms. The standard InChI is InChI=1S/C11H17ClN2O/c1-10(5-6-12)13-7-9-14-8-3-2-4-11(14)15/h2-4,8,10,13H,5-7,9H2,1H3. The Morgan fingerprint density at radius 1 is 1.53 bits per heavy atom. The zero-order valence-electron chi connectivity index (χ0n) is 8.95. The van der Waals surface area contributed by atoms with Crippen LogP contribution in [-0.2, 0) is 6.54 Å². The molecular weight excluding hydrogens is 212 g/mol. The lowest BCUT2D eigenvalue weighted by atomic mass is 10.2. The largest absolute Gasteiger partial charge is 0.314 e. The summed E-state index contributed by atoms with van der Waals surface area (Å²) in [5.41, 5.74) is 0.0456. The molecule has 0 spiro atoms. The van der Waals surface area contributed by atoms with Gasteiger partial charge >= 0.3 is 0 Å². The molecule has 1 N–H and O–H groups in total. The van der Waals surface area contributed by atoms with Crippen LogP contribution in [0.4, 0.5) is 0 Å². The Labute approximate surface area is 95.1 Å². The fraction of sp³-hybridized carbons (Fsp3) is 0.545. The van der Waals surface area contributed by atoms with E-state index in [1.54, 1.807) is 22.9 Å². The summed E-state index contributed by atoms with van der Waals surface area (Å²) in [5, 5.41) is 3.32. The number of halogens is 1. The van der Waals surface area contributed by atoms with Crippen LogP contribution in [0.25, 0.3) is 0 Å². The van der Waals surface area contributed by atoms with Crippen molar-refractivity contribution in [2.75, 3.05) is 12.4 Å². The first-order valence-corrected chi connectivity index (χ1v) is 5.72. The first-order chi connectivity index (χ1) is 7.24. The number of nitrogens with one attached hydrogen (secondary N) is 1. The third-order valence-corrected chi connectivity index (χ3v) is 2.50. The lowest BCUT2D eigenvalue weighted by Crippen LogP contribution is -2.32. The normalized spacial score (nSPS) is 12.7. The Bertz CT molecular complexity index is 337. The molecule has 1 heterocycles. The van der Waals surface area contributed by atoms with E-state index in [0.717, 1.165) is 13.0 Å². The van der Waals surface area contributed by atoms with Crippen LogP contribution in [-0.4, -0.2) is 23.0 Å². The molecule has 0 aromatic carbocycles. The Kier molecular flexibility index (Phi) is 5.43. The molecule has 84 valence electrons. The number of rotatable bonds is 6. The van der Waals surface area contributed by atoms with Gasteiger partial charge < -0.3 is 9.88 Å². The predicted molar refractivity (Wildman–Crippen MR) is 63.5 cm³/mol. The van der Waals surface area contributed by atoms with E-state index in [0.29, 0.717) is 18.5 Å². The molecule has 1 unspecified atom stereocenters. The highest BCUT2D eigenvalue weighted by Gasteiger charge is 1.99. The Morgan fingerprint density at radius 2 is 2.33 bits per heavy atom. The fourth-order valence-electron chi connectivity index (χ4n) is 1.34. The van der Waals surface area contributed by atoms with E-state index >= 15 is 0 Å². The van der Waals surface area contributed by atoms with Crippen LogP contribution >= 0.6 is 11.6 Å². The monoisotopic (exact) mass is 228 g/mol. The molecule has 1 rings (SSSR count). The molecular formula is C11H17ClN2O. The SMILES string of the molecule is CC(CCCl)NCCn1ccccc1=O. The van der Waals surface area contributed by atoms with Crippen LogP contribution in [0.1, 0.15) is 13.3 Å². The molecule has 1 atom stereocenters. The van der Waals surface area contributed by atoms with Gasteiger partial charge in [-0.25, -0.2) is 0 Å². The summed E-state index contributed by atoms with van der Waals surface area (Å²) < 4.78 is 1.69. The van der Waals surface area contributed by atoms with Gasteiger partial charge in [0.25, 0.3) is 5.56 Å². The summed E-state index contributed by atoms with van der Waals surface area (Å²) in [6.07, 6.45) is 2.75. The molecule has 0 saturated carbocycles. The number of aromatic nitrogens is 1. The number of hydrogen-bond acceptors (Lipinski definition) is 2. The third kappa shape index (κ3) is 4.49. The van der Waals surface area contributed by atoms with Gasteiger partial charge in [0.2, 0.25) is 0 Å². The van der Waals surface area contributed by atoms with Crippen LogP contribution in [0.15, 0.2) is 29.2 Å². The quantitative estimate of drug-likeness (QED) is 0.748. The van der Waals surface area contributed by atoms with E-state index in [1.807, 2.05) is 6.07 Å². The minimum atomic E-state index is 0.0456. The summed E-state index contributed by atoms with van der Waals surface area (Å²) in [5.74, 6) is 0.666. The molecule has 1 aromatic rings. The second kappa shape index (κ2) is 6.64. The molecule has 3 nitrogen and oxygen atoms in total. The van der Waals surface area contributed by atoms with Gasteiger partial charge in [-0.05, 0) is 19.4 Å². The predicted octanol–water partition coefficient (Wildman–Crippen LogP) is 1.46. The maximum absolute atomic E-state index is 11.3. The maximum atomic E-state index is 11.3. The van der Waals surface area contributed by atoms with Gasteiger partial charge in [0, 0.05) is 37.3 Å². The van der Waals surface area contributed by atoms with Crippen molar-refractivity contribution < 1.29 is 0 Å². The summed E-state index contributed by atoms with van der Waals surface area (Å²) in [7, 11) is 0. The van der Waals surface area contributed by atoms with Gasteiger partial charge in [0.15, 0.2) is 0 Å². The third-order valence-electron chi connectivity index (χ3n) is 2.29. The van der Waals surface area contributed by atoms with Crippen molar-refractivity contribution in [3.05, 3.63) is 34.7 Å². The number of hydrogen-bond donors (Lipinski definition) is 1. The van der Waals surface area contributed by atoms with Gasteiger partial charge in [0.1, 0.15) is 0 Å². The molecule has 0 fully saturated rings. The number of alkyl halides is 1. The lowest BCUT2D eigenvalue weighted by molar-refractivity contribution is 0.501. The minimum absolute atomic E-state index is 0.0456. The maximum Gasteiger partial charge on any atom is 0.250 e. The molecule has 0 radical (unpaired) electrons. The van der Waals surface area contributed by atoms with Crippen LogP contribution in [0.3, 0.4) is 0 Å². The van der Waals surface area contributed by atoms with E-state index < -0.39 is 0 Å². The Hall–Kier alpha value is -0.800. The Morgan fingerprint density at radius 3 is 3.00 bits per heavy atom. The van der Waals surface area contributed by atoms with Crippen molar-refractivity contribution in [3.63, 3.8) is 0 Å². The molecule has 0 aliphatic carbocycles.